The van der Waals surface area contributed by atoms with E-state index in [4.69, 9.17) is 5.11 Å². The number of nitrogens with one attached hydrogen (secondary N) is 1. The molecule has 1 saturated heterocycles. The van der Waals surface area contributed by atoms with Gasteiger partial charge in [0.15, 0.2) is 5.75 Å². The Morgan fingerprint density at radius 3 is 2.59 bits per heavy atom. The Morgan fingerprint density at radius 2 is 2.05 bits per heavy atom. The van der Waals surface area contributed by atoms with Gasteiger partial charge in [0.2, 0.25) is 0 Å². The Balaban J connectivity index is 2.44. The molecular weight excluding hydrogens is 315 g/mol. The smallest absolute Gasteiger partial charge is 0.481 e. The number of hydrogen-bond donors (Lipinski definition) is 2. The standard InChI is InChI=1S/C13H17FN2O5S/c1-9-10(7-13(17)18)6-11(16-4-2-15-3-5-16)8-12(9)21-22(14,19)20/h6,8,15H,2-5,7H2,1H3,(H,17,18). The van der Waals surface area contributed by atoms with Gasteiger partial charge in [0, 0.05) is 37.9 Å². The average molecular weight is 332 g/mol. The Kier molecular flexibility index (Phi) is 4.87. The number of hydrogen-bond acceptors (Lipinski definition) is 6. The molecule has 2 rings (SSSR count). The zero-order chi connectivity index (χ0) is 16.3. The largest absolute Gasteiger partial charge is 0.488 e. The molecule has 1 aliphatic rings. The lowest BCUT2D eigenvalue weighted by Gasteiger charge is -2.30. The summed E-state index contributed by atoms with van der Waals surface area (Å²) in [5.74, 6) is -1.25. The second-order valence-corrected chi connectivity index (χ2v) is 5.96. The zero-order valence-electron chi connectivity index (χ0n) is 12.0. The van der Waals surface area contributed by atoms with Crippen LogP contribution in [0.15, 0.2) is 12.1 Å². The molecule has 0 spiro atoms. The number of rotatable bonds is 5. The van der Waals surface area contributed by atoms with E-state index < -0.39 is 16.5 Å². The van der Waals surface area contributed by atoms with Crippen molar-refractivity contribution in [3.8, 4) is 5.75 Å². The van der Waals surface area contributed by atoms with Gasteiger partial charge in [-0.05, 0) is 24.1 Å². The molecule has 0 radical (unpaired) electrons. The van der Waals surface area contributed by atoms with Gasteiger partial charge >= 0.3 is 16.5 Å². The third-order valence-electron chi connectivity index (χ3n) is 3.47. The van der Waals surface area contributed by atoms with Crippen molar-refractivity contribution >= 4 is 22.2 Å². The van der Waals surface area contributed by atoms with Crippen molar-refractivity contribution in [2.24, 2.45) is 0 Å². The number of nitrogens with zero attached hydrogens (tertiary/aromatic N) is 1. The maximum atomic E-state index is 12.8. The summed E-state index contributed by atoms with van der Waals surface area (Å²) >= 11 is 0. The lowest BCUT2D eigenvalue weighted by atomic mass is 10.0. The van der Waals surface area contributed by atoms with Crippen LogP contribution in [0.3, 0.4) is 0 Å². The van der Waals surface area contributed by atoms with Gasteiger partial charge in [0.25, 0.3) is 0 Å². The number of piperazine rings is 1. The van der Waals surface area contributed by atoms with Gasteiger partial charge in [-0.3, -0.25) is 4.79 Å². The first-order chi connectivity index (χ1) is 10.3. The van der Waals surface area contributed by atoms with Gasteiger partial charge in [-0.1, -0.05) is 3.89 Å². The summed E-state index contributed by atoms with van der Waals surface area (Å²) in [6.45, 7) is 4.36. The molecule has 1 fully saturated rings. The van der Waals surface area contributed by atoms with Crippen LogP contribution in [0.2, 0.25) is 0 Å². The van der Waals surface area contributed by atoms with E-state index in [1.165, 1.54) is 13.0 Å². The maximum absolute atomic E-state index is 12.8. The van der Waals surface area contributed by atoms with Crippen LogP contribution in [-0.4, -0.2) is 45.7 Å². The number of halogens is 1. The molecule has 1 aromatic carbocycles. The highest BCUT2D eigenvalue weighted by atomic mass is 32.3. The summed E-state index contributed by atoms with van der Waals surface area (Å²) in [6, 6.07) is 3.09. The molecule has 0 bridgehead atoms. The molecule has 0 aromatic heterocycles. The van der Waals surface area contributed by atoms with Crippen molar-refractivity contribution in [3.05, 3.63) is 23.3 Å². The first-order valence-electron chi connectivity index (χ1n) is 6.71. The van der Waals surface area contributed by atoms with Crippen molar-refractivity contribution < 1.29 is 26.4 Å². The van der Waals surface area contributed by atoms with Gasteiger partial charge in [-0.2, -0.15) is 8.42 Å². The summed E-state index contributed by atoms with van der Waals surface area (Å²) in [5, 5.41) is 12.1. The van der Waals surface area contributed by atoms with E-state index in [0.29, 0.717) is 29.9 Å². The predicted molar refractivity (Wildman–Crippen MR) is 78.3 cm³/mol. The summed E-state index contributed by atoms with van der Waals surface area (Å²) in [4.78, 5) is 12.9. The lowest BCUT2D eigenvalue weighted by molar-refractivity contribution is -0.136. The van der Waals surface area contributed by atoms with Crippen LogP contribution in [0.4, 0.5) is 9.57 Å². The fourth-order valence-corrected chi connectivity index (χ4v) is 2.76. The molecule has 0 amide bonds. The SMILES string of the molecule is Cc1c(CC(=O)O)cc(N2CCNCC2)cc1OS(=O)(=O)F. The van der Waals surface area contributed by atoms with Crippen molar-refractivity contribution in [2.75, 3.05) is 31.1 Å². The first-order valence-corrected chi connectivity index (χ1v) is 8.02. The number of carboxylic acid groups (broad SMARTS) is 1. The number of anilines is 1. The minimum absolute atomic E-state index is 0.185. The van der Waals surface area contributed by atoms with Crippen molar-refractivity contribution in [2.45, 2.75) is 13.3 Å². The van der Waals surface area contributed by atoms with Crippen LogP contribution in [0.1, 0.15) is 11.1 Å². The van der Waals surface area contributed by atoms with Crippen molar-refractivity contribution in [1.29, 1.82) is 0 Å². The molecule has 7 nitrogen and oxygen atoms in total. The van der Waals surface area contributed by atoms with E-state index in [-0.39, 0.29) is 12.2 Å². The molecule has 22 heavy (non-hydrogen) atoms. The van der Waals surface area contributed by atoms with Crippen LogP contribution in [0, 0.1) is 6.92 Å². The number of carboxylic acids is 1. The molecule has 0 unspecified atom stereocenters. The normalized spacial score (nSPS) is 15.6. The summed E-state index contributed by atoms with van der Waals surface area (Å²) < 4.78 is 38.7. The fourth-order valence-electron chi connectivity index (χ4n) is 2.38. The number of carbonyl (C=O) groups is 1. The van der Waals surface area contributed by atoms with Crippen molar-refractivity contribution in [3.63, 3.8) is 0 Å². The van der Waals surface area contributed by atoms with Crippen LogP contribution < -0.4 is 14.4 Å². The predicted octanol–water partition coefficient (Wildman–Crippen LogP) is 0.625. The third-order valence-corrected chi connectivity index (χ3v) is 3.84. The van der Waals surface area contributed by atoms with E-state index in [1.807, 2.05) is 4.90 Å². The molecule has 1 aromatic rings. The van der Waals surface area contributed by atoms with E-state index in [1.54, 1.807) is 6.07 Å². The quantitative estimate of drug-likeness (QED) is 0.763. The highest BCUT2D eigenvalue weighted by molar-refractivity contribution is 7.81. The second kappa shape index (κ2) is 6.49. The van der Waals surface area contributed by atoms with Crippen molar-refractivity contribution in [1.82, 2.24) is 5.32 Å². The lowest BCUT2D eigenvalue weighted by Crippen LogP contribution is -2.43. The topological polar surface area (TPSA) is 95.9 Å². The molecule has 0 saturated carbocycles. The van der Waals surface area contributed by atoms with Gasteiger partial charge in [-0.25, -0.2) is 0 Å². The minimum Gasteiger partial charge on any atom is -0.481 e. The zero-order valence-corrected chi connectivity index (χ0v) is 12.8. The van der Waals surface area contributed by atoms with E-state index in [0.717, 1.165) is 13.1 Å². The van der Waals surface area contributed by atoms with Crippen LogP contribution in [-0.2, 0) is 21.7 Å². The number of benzene rings is 1. The van der Waals surface area contributed by atoms with Gasteiger partial charge in [0.1, 0.15) is 0 Å². The summed E-state index contributed by atoms with van der Waals surface area (Å²) in [7, 11) is -5.17. The Hall–Kier alpha value is -1.87. The van der Waals surface area contributed by atoms with Crippen LogP contribution in [0.5, 0.6) is 5.75 Å². The Labute approximate surface area is 128 Å². The van der Waals surface area contributed by atoms with Crippen LogP contribution in [0.25, 0.3) is 0 Å². The molecule has 0 aliphatic carbocycles. The summed E-state index contributed by atoms with van der Waals surface area (Å²) in [5.41, 5.74) is 1.30. The van der Waals surface area contributed by atoms with Gasteiger partial charge in [-0.15, -0.1) is 0 Å². The Morgan fingerprint density at radius 1 is 1.41 bits per heavy atom. The monoisotopic (exact) mass is 332 g/mol. The maximum Gasteiger partial charge on any atom is 0.488 e. The highest BCUT2D eigenvalue weighted by Crippen LogP contribution is 2.31. The van der Waals surface area contributed by atoms with E-state index in [2.05, 4.69) is 9.50 Å². The molecule has 0 atom stereocenters. The molecule has 1 heterocycles. The molecule has 2 N–H and O–H groups in total. The molecule has 122 valence electrons. The Bertz CT molecular complexity index is 671. The fraction of sp³-hybridized carbons (Fsp3) is 0.462. The molecule has 9 heteroatoms. The highest BCUT2D eigenvalue weighted by Gasteiger charge is 2.20. The average Bonchev–Trinajstić information content (AvgIpc) is 2.42. The number of aliphatic carboxylic acids is 1. The van der Waals surface area contributed by atoms with E-state index in [9.17, 15) is 17.1 Å². The molecular formula is C13H17FN2O5S. The van der Waals surface area contributed by atoms with E-state index >= 15 is 0 Å². The first kappa shape index (κ1) is 16.5. The second-order valence-electron chi connectivity index (χ2n) is 5.01. The minimum atomic E-state index is -5.17. The van der Waals surface area contributed by atoms with Crippen LogP contribution >= 0.6 is 0 Å². The van der Waals surface area contributed by atoms with Gasteiger partial charge < -0.3 is 19.5 Å². The summed E-state index contributed by atoms with van der Waals surface area (Å²) in [6.07, 6.45) is -0.297. The third kappa shape index (κ3) is 4.31. The molecule has 1 aliphatic heterocycles. The van der Waals surface area contributed by atoms with Gasteiger partial charge in [0.05, 0.1) is 6.42 Å².